The van der Waals surface area contributed by atoms with Gasteiger partial charge in [0.1, 0.15) is 5.75 Å². The molecular weight excluding hydrogens is 400 g/mol. The molecule has 1 fully saturated rings. The number of benzene rings is 2. The summed E-state index contributed by atoms with van der Waals surface area (Å²) in [7, 11) is -2.02. The van der Waals surface area contributed by atoms with Gasteiger partial charge in [-0.15, -0.1) is 0 Å². The summed E-state index contributed by atoms with van der Waals surface area (Å²) < 4.78 is 32.2. The van der Waals surface area contributed by atoms with Crippen molar-refractivity contribution in [3.63, 3.8) is 0 Å². The van der Waals surface area contributed by atoms with E-state index in [2.05, 4.69) is 24.4 Å². The fourth-order valence-corrected chi connectivity index (χ4v) is 5.10. The Morgan fingerprint density at radius 2 is 1.70 bits per heavy atom. The highest BCUT2D eigenvalue weighted by molar-refractivity contribution is 7.89. The molecule has 0 aromatic heterocycles. The van der Waals surface area contributed by atoms with E-state index in [0.717, 1.165) is 24.9 Å². The van der Waals surface area contributed by atoms with E-state index in [4.69, 9.17) is 4.74 Å². The molecule has 0 aliphatic carbocycles. The van der Waals surface area contributed by atoms with Crippen LogP contribution in [0.4, 0.5) is 5.69 Å². The summed E-state index contributed by atoms with van der Waals surface area (Å²) in [5.41, 5.74) is 2.06. The predicted octanol–water partition coefficient (Wildman–Crippen LogP) is 4.08. The third kappa shape index (κ3) is 5.40. The van der Waals surface area contributed by atoms with Gasteiger partial charge in [0.05, 0.1) is 12.0 Å². The lowest BCUT2D eigenvalue weighted by molar-refractivity contribution is -0.120. The van der Waals surface area contributed by atoms with E-state index >= 15 is 0 Å². The van der Waals surface area contributed by atoms with Gasteiger partial charge < -0.3 is 10.1 Å². The Kier molecular flexibility index (Phi) is 7.50. The fourth-order valence-electron chi connectivity index (χ4n) is 3.64. The number of unbranched alkanes of at least 4 members (excludes halogenated alkanes) is 1. The van der Waals surface area contributed by atoms with Crippen molar-refractivity contribution in [2.45, 2.75) is 43.9 Å². The van der Waals surface area contributed by atoms with Crippen molar-refractivity contribution in [1.29, 1.82) is 0 Å². The summed E-state index contributed by atoms with van der Waals surface area (Å²) in [5, 5.41) is 2.97. The van der Waals surface area contributed by atoms with Crippen LogP contribution < -0.4 is 10.1 Å². The molecular formula is C23H30N2O4S. The minimum absolute atomic E-state index is 0.0437. The third-order valence-electron chi connectivity index (χ3n) is 5.56. The molecule has 6 nitrogen and oxygen atoms in total. The molecule has 1 saturated heterocycles. The third-order valence-corrected chi connectivity index (χ3v) is 7.48. The fraction of sp³-hybridized carbons (Fsp3) is 0.435. The van der Waals surface area contributed by atoms with Gasteiger partial charge in [-0.2, -0.15) is 4.31 Å². The zero-order valence-corrected chi connectivity index (χ0v) is 18.5. The second kappa shape index (κ2) is 10.1. The minimum Gasteiger partial charge on any atom is -0.497 e. The number of aryl methyl sites for hydroxylation is 1. The van der Waals surface area contributed by atoms with Gasteiger partial charge in [-0.25, -0.2) is 8.42 Å². The molecule has 0 bridgehead atoms. The monoisotopic (exact) mass is 430 g/mol. The molecule has 1 N–H and O–H groups in total. The lowest BCUT2D eigenvalue weighted by Gasteiger charge is -2.30. The van der Waals surface area contributed by atoms with Gasteiger partial charge in [-0.05, 0) is 67.6 Å². The van der Waals surface area contributed by atoms with Gasteiger partial charge in [0, 0.05) is 24.7 Å². The first-order valence-electron chi connectivity index (χ1n) is 10.5. The van der Waals surface area contributed by atoms with E-state index < -0.39 is 10.0 Å². The van der Waals surface area contributed by atoms with Crippen molar-refractivity contribution in [2.24, 2.45) is 5.92 Å². The molecule has 0 spiro atoms. The summed E-state index contributed by atoms with van der Waals surface area (Å²) in [6.45, 7) is 2.84. The van der Waals surface area contributed by atoms with Crippen molar-refractivity contribution in [3.05, 3.63) is 54.1 Å². The molecule has 0 radical (unpaired) electrons. The molecule has 1 heterocycles. The van der Waals surface area contributed by atoms with Gasteiger partial charge in [0.2, 0.25) is 15.9 Å². The van der Waals surface area contributed by atoms with E-state index in [9.17, 15) is 13.2 Å². The zero-order valence-electron chi connectivity index (χ0n) is 17.6. The largest absolute Gasteiger partial charge is 0.497 e. The summed E-state index contributed by atoms with van der Waals surface area (Å²) >= 11 is 0. The quantitative estimate of drug-likeness (QED) is 0.685. The summed E-state index contributed by atoms with van der Waals surface area (Å²) in [5.74, 6) is 0.382. The van der Waals surface area contributed by atoms with Crippen LogP contribution in [0.2, 0.25) is 0 Å². The zero-order chi connectivity index (χ0) is 21.6. The van der Waals surface area contributed by atoms with Crippen molar-refractivity contribution < 1.29 is 17.9 Å². The second-order valence-corrected chi connectivity index (χ2v) is 9.58. The van der Waals surface area contributed by atoms with Gasteiger partial charge in [-0.1, -0.05) is 25.5 Å². The first kappa shape index (κ1) is 22.3. The number of anilines is 1. The number of ether oxygens (including phenoxy) is 1. The maximum absolute atomic E-state index is 12.8. The van der Waals surface area contributed by atoms with E-state index in [0.29, 0.717) is 31.7 Å². The van der Waals surface area contributed by atoms with Crippen molar-refractivity contribution in [3.8, 4) is 5.75 Å². The van der Waals surface area contributed by atoms with E-state index in [1.807, 2.05) is 12.1 Å². The lowest BCUT2D eigenvalue weighted by atomic mass is 9.97. The number of methoxy groups -OCH3 is 1. The van der Waals surface area contributed by atoms with Gasteiger partial charge >= 0.3 is 0 Å². The number of piperidine rings is 1. The summed E-state index contributed by atoms with van der Waals surface area (Å²) in [4.78, 5) is 12.9. The Balaban J connectivity index is 1.54. The van der Waals surface area contributed by atoms with Crippen molar-refractivity contribution in [1.82, 2.24) is 4.31 Å². The van der Waals surface area contributed by atoms with Crippen LogP contribution in [0.1, 0.15) is 38.2 Å². The van der Waals surface area contributed by atoms with E-state index in [1.165, 1.54) is 9.87 Å². The molecule has 1 amide bonds. The number of amides is 1. The average Bonchev–Trinajstić information content (AvgIpc) is 2.78. The number of carbonyl (C=O) groups excluding carboxylic acids is 1. The van der Waals surface area contributed by atoms with Crippen LogP contribution in [-0.2, 0) is 21.2 Å². The summed E-state index contributed by atoms with van der Waals surface area (Å²) in [6, 6.07) is 14.4. The average molecular weight is 431 g/mol. The molecule has 2 aromatic carbocycles. The highest BCUT2D eigenvalue weighted by Gasteiger charge is 2.32. The van der Waals surface area contributed by atoms with Crippen LogP contribution in [0.25, 0.3) is 0 Å². The van der Waals surface area contributed by atoms with Crippen LogP contribution >= 0.6 is 0 Å². The minimum atomic E-state index is -3.56. The molecule has 1 aliphatic heterocycles. The van der Waals surface area contributed by atoms with Crippen LogP contribution in [0.3, 0.4) is 0 Å². The Labute approximate surface area is 179 Å². The SMILES string of the molecule is CCCCc1ccc(NC(=O)C2CCN(S(=O)(=O)c3ccc(OC)cc3)CC2)cc1. The van der Waals surface area contributed by atoms with E-state index in [-0.39, 0.29) is 16.7 Å². The highest BCUT2D eigenvalue weighted by Crippen LogP contribution is 2.26. The van der Waals surface area contributed by atoms with E-state index in [1.54, 1.807) is 31.4 Å². The number of sulfonamides is 1. The Bertz CT molecular complexity index is 932. The van der Waals surface area contributed by atoms with Gasteiger partial charge in [0.25, 0.3) is 0 Å². The maximum atomic E-state index is 12.8. The van der Waals surface area contributed by atoms with Crippen LogP contribution in [0.15, 0.2) is 53.4 Å². The Morgan fingerprint density at radius 3 is 2.27 bits per heavy atom. The molecule has 1 aliphatic rings. The Hall–Kier alpha value is -2.38. The van der Waals surface area contributed by atoms with Crippen LogP contribution in [0.5, 0.6) is 5.75 Å². The molecule has 0 unspecified atom stereocenters. The van der Waals surface area contributed by atoms with Crippen LogP contribution in [0, 0.1) is 5.92 Å². The number of rotatable bonds is 8. The molecule has 30 heavy (non-hydrogen) atoms. The molecule has 162 valence electrons. The van der Waals surface area contributed by atoms with Crippen molar-refractivity contribution >= 4 is 21.6 Å². The summed E-state index contributed by atoms with van der Waals surface area (Å²) in [6.07, 6.45) is 4.38. The number of hydrogen-bond donors (Lipinski definition) is 1. The lowest BCUT2D eigenvalue weighted by Crippen LogP contribution is -2.41. The molecule has 0 saturated carbocycles. The smallest absolute Gasteiger partial charge is 0.243 e. The maximum Gasteiger partial charge on any atom is 0.243 e. The second-order valence-electron chi connectivity index (χ2n) is 7.64. The first-order valence-corrected chi connectivity index (χ1v) is 11.9. The Morgan fingerprint density at radius 1 is 1.07 bits per heavy atom. The topological polar surface area (TPSA) is 75.7 Å². The van der Waals surface area contributed by atoms with Crippen LogP contribution in [-0.4, -0.2) is 38.8 Å². The van der Waals surface area contributed by atoms with Gasteiger partial charge in [0.15, 0.2) is 0 Å². The number of carbonyl (C=O) groups is 1. The number of nitrogens with one attached hydrogen (secondary N) is 1. The number of nitrogens with zero attached hydrogens (tertiary/aromatic N) is 1. The normalized spacial score (nSPS) is 15.7. The number of hydrogen-bond acceptors (Lipinski definition) is 4. The predicted molar refractivity (Wildman–Crippen MR) is 118 cm³/mol. The molecule has 2 aromatic rings. The van der Waals surface area contributed by atoms with Gasteiger partial charge in [-0.3, -0.25) is 4.79 Å². The molecule has 7 heteroatoms. The standard InChI is InChI=1S/C23H30N2O4S/c1-3-4-5-18-6-8-20(9-7-18)24-23(26)19-14-16-25(17-15-19)30(27,28)22-12-10-21(29-2)11-13-22/h6-13,19H,3-5,14-17H2,1-2H3,(H,24,26). The van der Waals surface area contributed by atoms with Crippen molar-refractivity contribution in [2.75, 3.05) is 25.5 Å². The molecule has 3 rings (SSSR count). The molecule has 0 atom stereocenters. The first-order chi connectivity index (χ1) is 14.4. The highest BCUT2D eigenvalue weighted by atomic mass is 32.2.